The number of carbonyl (C=O) groups is 1. The first kappa shape index (κ1) is 10.6. The molecule has 0 radical (unpaired) electrons. The van der Waals surface area contributed by atoms with Crippen molar-refractivity contribution in [3.8, 4) is 0 Å². The Kier molecular flexibility index (Phi) is 2.46. The molecule has 3 saturated carbocycles. The molecule has 0 amide bonds. The Hall–Kier alpha value is -0.570. The molecule has 3 rings (SSSR count). The number of hydrogen-bond donors (Lipinski definition) is 2. The molecule has 0 aromatic heterocycles. The molecule has 3 aliphatic carbocycles. The average molecular weight is 223 g/mol. The van der Waals surface area contributed by atoms with E-state index < -0.39 is 12.0 Å². The maximum atomic E-state index is 10.8. The molecule has 0 spiro atoms. The Morgan fingerprint density at radius 1 is 1.25 bits per heavy atom. The third-order valence-corrected chi connectivity index (χ3v) is 5.39. The Morgan fingerprint density at radius 2 is 2.00 bits per heavy atom. The smallest absolute Gasteiger partial charge is 0.320 e. The van der Waals surface area contributed by atoms with Gasteiger partial charge >= 0.3 is 5.97 Å². The van der Waals surface area contributed by atoms with Gasteiger partial charge in [-0.3, -0.25) is 4.79 Å². The molecule has 3 N–H and O–H groups in total. The van der Waals surface area contributed by atoms with E-state index in [1.807, 2.05) is 0 Å². The summed E-state index contributed by atoms with van der Waals surface area (Å²) in [4.78, 5) is 10.8. The van der Waals surface area contributed by atoms with Gasteiger partial charge in [-0.1, -0.05) is 0 Å². The fraction of sp³-hybridized carbons (Fsp3) is 0.923. The zero-order valence-electron chi connectivity index (χ0n) is 9.64. The topological polar surface area (TPSA) is 63.3 Å². The molecule has 6 atom stereocenters. The van der Waals surface area contributed by atoms with Crippen LogP contribution in [-0.2, 0) is 4.79 Å². The number of hydrogen-bond acceptors (Lipinski definition) is 2. The van der Waals surface area contributed by atoms with Crippen LogP contribution >= 0.6 is 0 Å². The van der Waals surface area contributed by atoms with E-state index in [1.54, 1.807) is 0 Å². The van der Waals surface area contributed by atoms with Crippen LogP contribution in [-0.4, -0.2) is 17.1 Å². The zero-order chi connectivity index (χ0) is 11.3. The number of nitrogens with two attached hydrogens (primary N) is 1. The first-order valence-electron chi connectivity index (χ1n) is 6.63. The molecule has 3 aliphatic rings. The van der Waals surface area contributed by atoms with Gasteiger partial charge in [0, 0.05) is 0 Å². The molecule has 3 fully saturated rings. The van der Waals surface area contributed by atoms with Crippen LogP contribution in [0.2, 0.25) is 0 Å². The van der Waals surface area contributed by atoms with Crippen molar-refractivity contribution in [3.05, 3.63) is 0 Å². The lowest BCUT2D eigenvalue weighted by Crippen LogP contribution is -2.39. The third-order valence-electron chi connectivity index (χ3n) is 5.39. The standard InChI is InChI=1S/C13H21NO2/c14-12(13(15)16)6-9-2-1-8-3-7-4-10(8)11(9)5-7/h7-12H,1-6,14H2,(H,15,16)/t7?,8?,9?,10?,11?,12-/m0/s1. The summed E-state index contributed by atoms with van der Waals surface area (Å²) >= 11 is 0. The van der Waals surface area contributed by atoms with Crippen molar-refractivity contribution in [1.29, 1.82) is 0 Å². The van der Waals surface area contributed by atoms with Crippen molar-refractivity contribution >= 4 is 5.97 Å². The van der Waals surface area contributed by atoms with E-state index in [0.717, 1.165) is 23.7 Å². The van der Waals surface area contributed by atoms with E-state index in [4.69, 9.17) is 10.8 Å². The van der Waals surface area contributed by atoms with Crippen molar-refractivity contribution in [2.24, 2.45) is 35.3 Å². The highest BCUT2D eigenvalue weighted by molar-refractivity contribution is 5.73. The highest BCUT2D eigenvalue weighted by Gasteiger charge is 2.51. The highest BCUT2D eigenvalue weighted by Crippen LogP contribution is 2.59. The summed E-state index contributed by atoms with van der Waals surface area (Å²) < 4.78 is 0. The second-order valence-electron chi connectivity index (χ2n) is 6.18. The van der Waals surface area contributed by atoms with E-state index in [2.05, 4.69) is 0 Å². The maximum Gasteiger partial charge on any atom is 0.320 e. The molecule has 0 saturated heterocycles. The summed E-state index contributed by atoms with van der Waals surface area (Å²) in [5.74, 6) is 3.43. The predicted molar refractivity (Wildman–Crippen MR) is 60.8 cm³/mol. The Balaban J connectivity index is 1.67. The minimum Gasteiger partial charge on any atom is -0.480 e. The largest absolute Gasteiger partial charge is 0.480 e. The normalized spacial score (nSPS) is 46.9. The molecule has 0 aromatic carbocycles. The van der Waals surface area contributed by atoms with Crippen molar-refractivity contribution in [3.63, 3.8) is 0 Å². The van der Waals surface area contributed by atoms with E-state index in [1.165, 1.54) is 32.1 Å². The van der Waals surface area contributed by atoms with Crippen molar-refractivity contribution in [1.82, 2.24) is 0 Å². The number of carboxylic acid groups (broad SMARTS) is 1. The first-order valence-corrected chi connectivity index (χ1v) is 6.63. The molecule has 0 aliphatic heterocycles. The van der Waals surface area contributed by atoms with Gasteiger partial charge in [0.05, 0.1) is 0 Å². The average Bonchev–Trinajstić information content (AvgIpc) is 2.81. The number of aliphatic carboxylic acids is 1. The van der Waals surface area contributed by atoms with Gasteiger partial charge in [-0.2, -0.15) is 0 Å². The van der Waals surface area contributed by atoms with Gasteiger partial charge in [-0.15, -0.1) is 0 Å². The SMILES string of the molecule is N[C@@H](CC1CCC2CC3CC2C1C3)C(=O)O. The molecule has 3 nitrogen and oxygen atoms in total. The van der Waals surface area contributed by atoms with E-state index in [0.29, 0.717) is 12.3 Å². The molecule has 3 heteroatoms. The summed E-state index contributed by atoms with van der Waals surface area (Å²) in [7, 11) is 0. The zero-order valence-corrected chi connectivity index (χ0v) is 9.64. The lowest BCUT2D eigenvalue weighted by atomic mass is 9.64. The van der Waals surface area contributed by atoms with Crippen LogP contribution in [0.1, 0.15) is 38.5 Å². The van der Waals surface area contributed by atoms with Crippen molar-refractivity contribution in [2.75, 3.05) is 0 Å². The van der Waals surface area contributed by atoms with Crippen LogP contribution in [0, 0.1) is 29.6 Å². The third kappa shape index (κ3) is 1.56. The van der Waals surface area contributed by atoms with Gasteiger partial charge in [0.1, 0.15) is 6.04 Å². The predicted octanol–water partition coefficient (Wildman–Crippen LogP) is 1.86. The first-order chi connectivity index (χ1) is 7.65. The monoisotopic (exact) mass is 223 g/mol. The summed E-state index contributed by atoms with van der Waals surface area (Å²) in [5, 5.41) is 8.89. The fourth-order valence-electron chi connectivity index (χ4n) is 4.79. The maximum absolute atomic E-state index is 10.8. The van der Waals surface area contributed by atoms with Crippen molar-refractivity contribution < 1.29 is 9.90 Å². The molecule has 90 valence electrons. The van der Waals surface area contributed by atoms with Gasteiger partial charge in [-0.25, -0.2) is 0 Å². The molecule has 2 bridgehead atoms. The van der Waals surface area contributed by atoms with Gasteiger partial charge in [0.25, 0.3) is 0 Å². The molecule has 0 aromatic rings. The second-order valence-corrected chi connectivity index (χ2v) is 6.18. The van der Waals surface area contributed by atoms with Crippen molar-refractivity contribution in [2.45, 2.75) is 44.6 Å². The van der Waals surface area contributed by atoms with E-state index in [9.17, 15) is 4.79 Å². The van der Waals surface area contributed by atoms with Gasteiger partial charge in [-0.05, 0) is 68.1 Å². The Morgan fingerprint density at radius 3 is 2.69 bits per heavy atom. The lowest BCUT2D eigenvalue weighted by Gasteiger charge is -2.41. The van der Waals surface area contributed by atoms with Crippen LogP contribution in [0.5, 0.6) is 0 Å². The molecule has 16 heavy (non-hydrogen) atoms. The fourth-order valence-corrected chi connectivity index (χ4v) is 4.79. The summed E-state index contributed by atoms with van der Waals surface area (Å²) in [5.41, 5.74) is 5.68. The number of fused-ring (bicyclic) bond motifs is 1. The van der Waals surface area contributed by atoms with Crippen LogP contribution < -0.4 is 5.73 Å². The van der Waals surface area contributed by atoms with Crippen LogP contribution in [0.3, 0.4) is 0 Å². The second kappa shape index (κ2) is 3.73. The van der Waals surface area contributed by atoms with Crippen LogP contribution in [0.4, 0.5) is 0 Å². The lowest BCUT2D eigenvalue weighted by molar-refractivity contribution is -0.139. The van der Waals surface area contributed by atoms with Gasteiger partial charge in [0.2, 0.25) is 0 Å². The van der Waals surface area contributed by atoms with Gasteiger partial charge < -0.3 is 10.8 Å². The summed E-state index contributed by atoms with van der Waals surface area (Å²) in [6.45, 7) is 0. The van der Waals surface area contributed by atoms with E-state index >= 15 is 0 Å². The highest BCUT2D eigenvalue weighted by atomic mass is 16.4. The summed E-state index contributed by atoms with van der Waals surface area (Å²) in [6, 6.07) is -0.638. The molecule has 0 heterocycles. The number of rotatable bonds is 3. The number of carboxylic acids is 1. The van der Waals surface area contributed by atoms with Gasteiger partial charge in [0.15, 0.2) is 0 Å². The summed E-state index contributed by atoms with van der Waals surface area (Å²) in [6.07, 6.45) is 7.50. The minimum atomic E-state index is -0.828. The molecular formula is C13H21NO2. The van der Waals surface area contributed by atoms with Crippen LogP contribution in [0.15, 0.2) is 0 Å². The van der Waals surface area contributed by atoms with E-state index in [-0.39, 0.29) is 0 Å². The minimum absolute atomic E-state index is 0.595. The molecule has 5 unspecified atom stereocenters. The Labute approximate surface area is 96.4 Å². The Bertz CT molecular complexity index is 304. The quantitative estimate of drug-likeness (QED) is 0.767. The van der Waals surface area contributed by atoms with Crippen LogP contribution in [0.25, 0.3) is 0 Å². The molecular weight excluding hydrogens is 202 g/mol.